The Hall–Kier alpha value is -1.84. The molecule has 1 aromatic rings. The van der Waals surface area contributed by atoms with E-state index in [0.717, 1.165) is 11.1 Å². The third kappa shape index (κ3) is 5.17. The van der Waals surface area contributed by atoms with Crippen molar-refractivity contribution >= 4 is 6.09 Å². The number of benzene rings is 1. The van der Waals surface area contributed by atoms with E-state index in [1.54, 1.807) is 39.8 Å². The standard InChI is InChI=1S/C18H26FNO2/c1-12(2)11-18(7,20-16(21)22-17(4,5)6)14-10-13(3)8-9-15(14)19/h8-10H,1,11H2,2-7H3,(H,20,21)/t18-/m0/s1. The van der Waals surface area contributed by atoms with Gasteiger partial charge in [0, 0.05) is 5.56 Å². The van der Waals surface area contributed by atoms with Crippen LogP contribution in [0.15, 0.2) is 30.4 Å². The molecule has 1 rings (SSSR count). The van der Waals surface area contributed by atoms with Gasteiger partial charge in [0.2, 0.25) is 0 Å². The van der Waals surface area contributed by atoms with Crippen LogP contribution in [0.3, 0.4) is 0 Å². The van der Waals surface area contributed by atoms with E-state index >= 15 is 0 Å². The summed E-state index contributed by atoms with van der Waals surface area (Å²) < 4.78 is 19.6. The average molecular weight is 307 g/mol. The summed E-state index contributed by atoms with van der Waals surface area (Å²) in [7, 11) is 0. The van der Waals surface area contributed by atoms with Gasteiger partial charge in [-0.1, -0.05) is 23.3 Å². The van der Waals surface area contributed by atoms with Crippen molar-refractivity contribution in [2.75, 3.05) is 0 Å². The van der Waals surface area contributed by atoms with Crippen LogP contribution in [0.2, 0.25) is 0 Å². The maximum atomic E-state index is 14.3. The fraction of sp³-hybridized carbons (Fsp3) is 0.500. The Bertz CT molecular complexity index is 575. The zero-order valence-corrected chi connectivity index (χ0v) is 14.3. The number of rotatable bonds is 4. The van der Waals surface area contributed by atoms with Crippen molar-refractivity contribution < 1.29 is 13.9 Å². The lowest BCUT2D eigenvalue weighted by molar-refractivity contribution is 0.0459. The number of ether oxygens (including phenoxy) is 1. The molecule has 3 nitrogen and oxygen atoms in total. The first-order chi connectivity index (χ1) is 9.93. The summed E-state index contributed by atoms with van der Waals surface area (Å²) in [6.45, 7) is 14.8. The van der Waals surface area contributed by atoms with E-state index in [4.69, 9.17) is 4.74 Å². The zero-order chi connectivity index (χ0) is 17.1. The summed E-state index contributed by atoms with van der Waals surface area (Å²) in [5, 5.41) is 2.80. The molecular weight excluding hydrogens is 281 g/mol. The van der Waals surface area contributed by atoms with Crippen LogP contribution in [0.4, 0.5) is 9.18 Å². The van der Waals surface area contributed by atoms with E-state index in [1.165, 1.54) is 6.07 Å². The van der Waals surface area contributed by atoms with Crippen LogP contribution in [0.1, 0.15) is 52.2 Å². The first-order valence-electron chi connectivity index (χ1n) is 7.35. The molecule has 0 saturated carbocycles. The van der Waals surface area contributed by atoms with Crippen molar-refractivity contribution in [1.82, 2.24) is 5.32 Å². The molecule has 1 N–H and O–H groups in total. The van der Waals surface area contributed by atoms with E-state index in [0.29, 0.717) is 12.0 Å². The van der Waals surface area contributed by atoms with Crippen molar-refractivity contribution in [3.63, 3.8) is 0 Å². The lowest BCUT2D eigenvalue weighted by Crippen LogP contribution is -2.46. The van der Waals surface area contributed by atoms with E-state index in [2.05, 4.69) is 11.9 Å². The number of aryl methyl sites for hydroxylation is 1. The van der Waals surface area contributed by atoms with Gasteiger partial charge in [-0.25, -0.2) is 9.18 Å². The van der Waals surface area contributed by atoms with Crippen LogP contribution < -0.4 is 5.32 Å². The predicted octanol–water partition coefficient (Wildman–Crippen LogP) is 4.84. The Kier molecular flexibility index (Phi) is 5.39. The number of carbonyl (C=O) groups excluding carboxylic acids is 1. The summed E-state index contributed by atoms with van der Waals surface area (Å²) in [5.74, 6) is -0.356. The van der Waals surface area contributed by atoms with Gasteiger partial charge in [-0.05, 0) is 54.0 Å². The number of hydrogen-bond donors (Lipinski definition) is 1. The minimum Gasteiger partial charge on any atom is -0.444 e. The van der Waals surface area contributed by atoms with Gasteiger partial charge in [0.05, 0.1) is 5.54 Å². The molecule has 0 fully saturated rings. The van der Waals surface area contributed by atoms with Gasteiger partial charge in [0.25, 0.3) is 0 Å². The molecule has 122 valence electrons. The summed E-state index contributed by atoms with van der Waals surface area (Å²) in [6.07, 6.45) is -0.149. The monoisotopic (exact) mass is 307 g/mol. The maximum absolute atomic E-state index is 14.3. The van der Waals surface area contributed by atoms with Crippen LogP contribution in [0.5, 0.6) is 0 Å². The third-order valence-electron chi connectivity index (χ3n) is 3.15. The molecule has 0 radical (unpaired) electrons. The lowest BCUT2D eigenvalue weighted by atomic mass is 9.85. The second-order valence-electron chi connectivity index (χ2n) is 7.08. The summed E-state index contributed by atoms with van der Waals surface area (Å²) in [4.78, 5) is 12.1. The highest BCUT2D eigenvalue weighted by molar-refractivity contribution is 5.69. The van der Waals surface area contributed by atoms with Crippen molar-refractivity contribution in [3.8, 4) is 0 Å². The minimum atomic E-state index is -0.912. The van der Waals surface area contributed by atoms with E-state index in [1.807, 2.05) is 13.8 Å². The highest BCUT2D eigenvalue weighted by Gasteiger charge is 2.33. The zero-order valence-electron chi connectivity index (χ0n) is 14.3. The highest BCUT2D eigenvalue weighted by Crippen LogP contribution is 2.31. The van der Waals surface area contributed by atoms with Gasteiger partial charge in [-0.15, -0.1) is 6.58 Å². The van der Waals surface area contributed by atoms with Crippen LogP contribution in [0.25, 0.3) is 0 Å². The number of alkyl carbamates (subject to hydrolysis) is 1. The number of hydrogen-bond acceptors (Lipinski definition) is 2. The van der Waals surface area contributed by atoms with Crippen molar-refractivity contribution in [1.29, 1.82) is 0 Å². The smallest absolute Gasteiger partial charge is 0.408 e. The lowest BCUT2D eigenvalue weighted by Gasteiger charge is -2.33. The van der Waals surface area contributed by atoms with Gasteiger partial charge in [-0.3, -0.25) is 0 Å². The van der Waals surface area contributed by atoms with Crippen LogP contribution in [-0.4, -0.2) is 11.7 Å². The van der Waals surface area contributed by atoms with Crippen LogP contribution in [-0.2, 0) is 10.3 Å². The summed E-state index contributed by atoms with van der Waals surface area (Å²) in [5.41, 5.74) is 0.681. The molecular formula is C18H26FNO2. The molecule has 0 spiro atoms. The van der Waals surface area contributed by atoms with E-state index < -0.39 is 17.2 Å². The minimum absolute atomic E-state index is 0.356. The van der Waals surface area contributed by atoms with Gasteiger partial charge >= 0.3 is 6.09 Å². The van der Waals surface area contributed by atoms with Gasteiger partial charge in [-0.2, -0.15) is 0 Å². The molecule has 0 saturated heterocycles. The molecule has 1 aromatic carbocycles. The first kappa shape index (κ1) is 18.2. The predicted molar refractivity (Wildman–Crippen MR) is 87.3 cm³/mol. The van der Waals surface area contributed by atoms with Crippen LogP contribution >= 0.6 is 0 Å². The Morgan fingerprint density at radius 3 is 2.41 bits per heavy atom. The Morgan fingerprint density at radius 2 is 1.91 bits per heavy atom. The molecule has 0 unspecified atom stereocenters. The van der Waals surface area contributed by atoms with E-state index in [9.17, 15) is 9.18 Å². The Morgan fingerprint density at radius 1 is 1.32 bits per heavy atom. The van der Waals surface area contributed by atoms with Crippen molar-refractivity contribution in [2.24, 2.45) is 0 Å². The number of halogens is 1. The number of carbonyl (C=O) groups is 1. The van der Waals surface area contributed by atoms with E-state index in [-0.39, 0.29) is 5.82 Å². The molecule has 22 heavy (non-hydrogen) atoms. The largest absolute Gasteiger partial charge is 0.444 e. The molecule has 0 heterocycles. The maximum Gasteiger partial charge on any atom is 0.408 e. The topological polar surface area (TPSA) is 38.3 Å². The van der Waals surface area contributed by atoms with Crippen LogP contribution in [0, 0.1) is 12.7 Å². The quantitative estimate of drug-likeness (QED) is 0.808. The molecule has 0 bridgehead atoms. The highest BCUT2D eigenvalue weighted by atomic mass is 19.1. The fourth-order valence-electron chi connectivity index (χ4n) is 2.40. The van der Waals surface area contributed by atoms with Gasteiger partial charge in [0.1, 0.15) is 11.4 Å². The number of nitrogens with one attached hydrogen (secondary N) is 1. The molecule has 1 amide bonds. The molecule has 0 aromatic heterocycles. The second kappa shape index (κ2) is 6.51. The fourth-order valence-corrected chi connectivity index (χ4v) is 2.40. The Labute approximate surface area is 132 Å². The van der Waals surface area contributed by atoms with Crippen molar-refractivity contribution in [3.05, 3.63) is 47.3 Å². The normalized spacial score (nSPS) is 14.1. The van der Waals surface area contributed by atoms with Gasteiger partial charge in [0.15, 0.2) is 0 Å². The van der Waals surface area contributed by atoms with Crippen molar-refractivity contribution in [2.45, 2.75) is 59.1 Å². The molecule has 1 atom stereocenters. The molecule has 0 aliphatic heterocycles. The molecule has 0 aliphatic carbocycles. The molecule has 0 aliphatic rings. The van der Waals surface area contributed by atoms with Gasteiger partial charge < -0.3 is 10.1 Å². The third-order valence-corrected chi connectivity index (χ3v) is 3.15. The summed E-state index contributed by atoms with van der Waals surface area (Å²) in [6, 6.07) is 4.86. The second-order valence-corrected chi connectivity index (χ2v) is 7.08. The molecule has 4 heteroatoms. The Balaban J connectivity index is 3.17. The SMILES string of the molecule is C=C(C)C[C@](C)(NC(=O)OC(C)(C)C)c1cc(C)ccc1F. The number of amides is 1. The first-order valence-corrected chi connectivity index (χ1v) is 7.35. The average Bonchev–Trinajstić information content (AvgIpc) is 2.28. The summed E-state index contributed by atoms with van der Waals surface area (Å²) >= 11 is 0.